The average Bonchev–Trinajstić information content (AvgIpc) is 3.10. The van der Waals surface area contributed by atoms with Gasteiger partial charge in [-0.3, -0.25) is 9.59 Å². The molecule has 0 saturated carbocycles. The van der Waals surface area contributed by atoms with Crippen LogP contribution in [0.5, 0.6) is 0 Å². The van der Waals surface area contributed by atoms with E-state index in [-0.39, 0.29) is 11.4 Å². The van der Waals surface area contributed by atoms with Gasteiger partial charge in [0.1, 0.15) is 11.6 Å². The first-order valence-corrected chi connectivity index (χ1v) is 11.6. The molecule has 1 unspecified atom stereocenters. The number of amides is 1. The van der Waals surface area contributed by atoms with Crippen LogP contribution in [0, 0.1) is 25.2 Å². The van der Waals surface area contributed by atoms with Gasteiger partial charge in [0.15, 0.2) is 11.9 Å². The lowest BCUT2D eigenvalue weighted by molar-refractivity contribution is -0.148. The van der Waals surface area contributed by atoms with Crippen molar-refractivity contribution in [3.63, 3.8) is 0 Å². The SMILES string of the molecule is CC(=O)c1cccc(NC(=O)C(C)OC(=O)C(C#N)=Cc2cc(C)n(-c3ccc(Br)cc3)c2C)c1. The number of esters is 1. The molecule has 0 aliphatic carbocycles. The van der Waals surface area contributed by atoms with Crippen LogP contribution < -0.4 is 5.32 Å². The molecule has 0 aliphatic rings. The number of carbonyl (C=O) groups excluding carboxylic acids is 3. The fourth-order valence-corrected chi connectivity index (χ4v) is 3.82. The molecule has 0 saturated heterocycles. The fourth-order valence-electron chi connectivity index (χ4n) is 3.55. The number of nitrogens with one attached hydrogen (secondary N) is 1. The third-order valence-corrected chi connectivity index (χ3v) is 5.91. The van der Waals surface area contributed by atoms with Crippen molar-refractivity contribution in [2.75, 3.05) is 5.32 Å². The van der Waals surface area contributed by atoms with Crippen molar-refractivity contribution in [1.29, 1.82) is 5.26 Å². The molecule has 7 nitrogen and oxygen atoms in total. The highest BCUT2D eigenvalue weighted by Crippen LogP contribution is 2.24. The van der Waals surface area contributed by atoms with Gasteiger partial charge in [-0.25, -0.2) is 4.79 Å². The number of hydrogen-bond acceptors (Lipinski definition) is 5. The topological polar surface area (TPSA) is 101 Å². The van der Waals surface area contributed by atoms with Gasteiger partial charge in [-0.15, -0.1) is 0 Å². The number of ether oxygens (including phenoxy) is 1. The minimum atomic E-state index is -1.16. The molecule has 0 radical (unpaired) electrons. The van der Waals surface area contributed by atoms with Gasteiger partial charge in [-0.05, 0) is 81.8 Å². The molecule has 1 amide bonds. The Morgan fingerprint density at radius 3 is 2.43 bits per heavy atom. The van der Waals surface area contributed by atoms with Crippen LogP contribution in [0.4, 0.5) is 5.69 Å². The van der Waals surface area contributed by atoms with E-state index in [1.54, 1.807) is 18.2 Å². The maximum Gasteiger partial charge on any atom is 0.349 e. The highest BCUT2D eigenvalue weighted by atomic mass is 79.9. The molecular formula is C27H24BrN3O4. The van der Waals surface area contributed by atoms with Crippen LogP contribution in [0.2, 0.25) is 0 Å². The number of nitrogens with zero attached hydrogens (tertiary/aromatic N) is 2. The van der Waals surface area contributed by atoms with Crippen molar-refractivity contribution < 1.29 is 19.1 Å². The second-order valence-electron chi connectivity index (χ2n) is 7.98. The van der Waals surface area contributed by atoms with E-state index in [1.165, 1.54) is 26.0 Å². The molecular weight excluding hydrogens is 510 g/mol. The zero-order valence-corrected chi connectivity index (χ0v) is 21.3. The van der Waals surface area contributed by atoms with Crippen LogP contribution in [-0.2, 0) is 14.3 Å². The minimum absolute atomic E-state index is 0.135. The fraction of sp³-hybridized carbons (Fsp3) is 0.185. The lowest BCUT2D eigenvalue weighted by Crippen LogP contribution is -2.30. The first-order chi connectivity index (χ1) is 16.6. The molecule has 3 rings (SSSR count). The van der Waals surface area contributed by atoms with Crippen molar-refractivity contribution in [2.24, 2.45) is 0 Å². The number of rotatable bonds is 7. The Morgan fingerprint density at radius 1 is 1.11 bits per heavy atom. The zero-order chi connectivity index (χ0) is 25.7. The maximum atomic E-state index is 12.7. The summed E-state index contributed by atoms with van der Waals surface area (Å²) >= 11 is 3.43. The molecule has 1 heterocycles. The van der Waals surface area contributed by atoms with E-state index in [9.17, 15) is 19.6 Å². The number of carbonyl (C=O) groups is 3. The van der Waals surface area contributed by atoms with Gasteiger partial charge in [0, 0.05) is 32.8 Å². The van der Waals surface area contributed by atoms with E-state index in [0.717, 1.165) is 21.5 Å². The van der Waals surface area contributed by atoms with Crippen LogP contribution in [0.3, 0.4) is 0 Å². The summed E-state index contributed by atoms with van der Waals surface area (Å²) in [7, 11) is 0. The molecule has 8 heteroatoms. The number of benzene rings is 2. The number of hydrogen-bond donors (Lipinski definition) is 1. The van der Waals surface area contributed by atoms with Gasteiger partial charge in [-0.2, -0.15) is 5.26 Å². The van der Waals surface area contributed by atoms with E-state index >= 15 is 0 Å². The average molecular weight is 534 g/mol. The molecule has 178 valence electrons. The molecule has 3 aromatic rings. The van der Waals surface area contributed by atoms with Gasteiger partial charge in [-0.1, -0.05) is 28.1 Å². The van der Waals surface area contributed by atoms with E-state index in [2.05, 4.69) is 21.2 Å². The molecule has 2 aromatic carbocycles. The Hall–Kier alpha value is -3.96. The predicted octanol–water partition coefficient (Wildman–Crippen LogP) is 5.54. The van der Waals surface area contributed by atoms with Gasteiger partial charge in [0.2, 0.25) is 0 Å². The number of aromatic nitrogens is 1. The molecule has 1 N–H and O–H groups in total. The van der Waals surface area contributed by atoms with Gasteiger partial charge in [0.05, 0.1) is 0 Å². The van der Waals surface area contributed by atoms with Crippen molar-refractivity contribution in [3.05, 3.63) is 87.2 Å². The summed E-state index contributed by atoms with van der Waals surface area (Å²) in [6.07, 6.45) is 0.302. The summed E-state index contributed by atoms with van der Waals surface area (Å²) in [5, 5.41) is 12.2. The predicted molar refractivity (Wildman–Crippen MR) is 137 cm³/mol. The number of ketones is 1. The number of aryl methyl sites for hydroxylation is 1. The van der Waals surface area contributed by atoms with Crippen LogP contribution in [0.1, 0.15) is 41.2 Å². The summed E-state index contributed by atoms with van der Waals surface area (Å²) in [5.41, 5.74) is 4.05. The van der Waals surface area contributed by atoms with Gasteiger partial charge < -0.3 is 14.6 Å². The molecule has 1 aromatic heterocycles. The highest BCUT2D eigenvalue weighted by molar-refractivity contribution is 9.10. The second-order valence-corrected chi connectivity index (χ2v) is 8.90. The normalized spacial score (nSPS) is 11.9. The standard InChI is InChI=1S/C27H24BrN3O4/c1-16-12-21(17(2)31(16)25-10-8-23(28)9-11-25)13-22(15-29)27(34)35-19(4)26(33)30-24-7-5-6-20(14-24)18(3)32/h5-14,19H,1-4H3,(H,30,33). The summed E-state index contributed by atoms with van der Waals surface area (Å²) in [6.45, 7) is 6.67. The van der Waals surface area contributed by atoms with Crippen molar-refractivity contribution in [1.82, 2.24) is 4.57 Å². The molecule has 0 fully saturated rings. The molecule has 0 bridgehead atoms. The third-order valence-electron chi connectivity index (χ3n) is 5.38. The lowest BCUT2D eigenvalue weighted by atomic mass is 10.1. The van der Waals surface area contributed by atoms with Crippen molar-refractivity contribution >= 4 is 45.4 Å². The van der Waals surface area contributed by atoms with Crippen molar-refractivity contribution in [3.8, 4) is 11.8 Å². The third kappa shape index (κ3) is 6.14. The first kappa shape index (κ1) is 25.7. The Balaban J connectivity index is 1.76. The van der Waals surface area contributed by atoms with E-state index < -0.39 is 18.0 Å². The van der Waals surface area contributed by atoms with Crippen LogP contribution >= 0.6 is 15.9 Å². The second kappa shape index (κ2) is 11.0. The Labute approximate surface area is 212 Å². The number of anilines is 1. The van der Waals surface area contributed by atoms with Crippen molar-refractivity contribution in [2.45, 2.75) is 33.8 Å². The smallest absolute Gasteiger partial charge is 0.349 e. The Bertz CT molecular complexity index is 1360. The highest BCUT2D eigenvalue weighted by Gasteiger charge is 2.22. The maximum absolute atomic E-state index is 12.7. The molecule has 1 atom stereocenters. The lowest BCUT2D eigenvalue weighted by Gasteiger charge is -2.13. The van der Waals surface area contributed by atoms with E-state index in [1.807, 2.05) is 54.8 Å². The molecule has 0 spiro atoms. The van der Waals surface area contributed by atoms with E-state index in [0.29, 0.717) is 16.8 Å². The zero-order valence-electron chi connectivity index (χ0n) is 19.8. The van der Waals surface area contributed by atoms with E-state index in [4.69, 9.17) is 4.74 Å². The van der Waals surface area contributed by atoms with Gasteiger partial charge >= 0.3 is 5.97 Å². The largest absolute Gasteiger partial charge is 0.448 e. The minimum Gasteiger partial charge on any atom is -0.448 e. The summed E-state index contributed by atoms with van der Waals surface area (Å²) in [4.78, 5) is 36.7. The van der Waals surface area contributed by atoms with Crippen LogP contribution in [0.25, 0.3) is 11.8 Å². The molecule has 0 aliphatic heterocycles. The van der Waals surface area contributed by atoms with Crippen LogP contribution in [0.15, 0.2) is 64.6 Å². The summed E-state index contributed by atoms with van der Waals surface area (Å²) < 4.78 is 8.22. The Kier molecular flexibility index (Phi) is 8.05. The first-order valence-electron chi connectivity index (χ1n) is 10.8. The van der Waals surface area contributed by atoms with Crippen LogP contribution in [-0.4, -0.2) is 28.3 Å². The number of Topliss-reactive ketones (excluding diaryl/α,β-unsaturated/α-hetero) is 1. The summed E-state index contributed by atoms with van der Waals surface area (Å²) in [5.74, 6) is -1.62. The molecule has 35 heavy (non-hydrogen) atoms. The monoisotopic (exact) mass is 533 g/mol. The van der Waals surface area contributed by atoms with Gasteiger partial charge in [0.25, 0.3) is 5.91 Å². The number of halogens is 1. The summed E-state index contributed by atoms with van der Waals surface area (Å²) in [6, 6.07) is 18.0. The Morgan fingerprint density at radius 2 is 1.80 bits per heavy atom. The number of nitriles is 1. The quantitative estimate of drug-likeness (QED) is 0.186.